The second-order valence-corrected chi connectivity index (χ2v) is 14.6. The van der Waals surface area contributed by atoms with E-state index < -0.39 is 41.4 Å². The van der Waals surface area contributed by atoms with Crippen molar-refractivity contribution in [3.63, 3.8) is 0 Å². The zero-order valence-electron chi connectivity index (χ0n) is 29.6. The largest absolute Gasteiger partial charge is 0.491 e. The van der Waals surface area contributed by atoms with E-state index in [1.807, 2.05) is 64.1 Å². The van der Waals surface area contributed by atoms with Crippen molar-refractivity contribution in [2.24, 2.45) is 5.41 Å². The Kier molecular flexibility index (Phi) is 12.4. The van der Waals surface area contributed by atoms with Gasteiger partial charge in [0.25, 0.3) is 0 Å². The van der Waals surface area contributed by atoms with E-state index in [1.165, 1.54) is 4.90 Å². The first-order valence-corrected chi connectivity index (χ1v) is 17.9. The van der Waals surface area contributed by atoms with Crippen LogP contribution in [-0.4, -0.2) is 88.3 Å². The molecule has 4 aromatic rings. The van der Waals surface area contributed by atoms with Crippen LogP contribution in [0.2, 0.25) is 0 Å². The summed E-state index contributed by atoms with van der Waals surface area (Å²) in [6.45, 7) is 7.65. The van der Waals surface area contributed by atoms with Crippen molar-refractivity contribution in [3.8, 4) is 27.3 Å². The maximum absolute atomic E-state index is 13.9. The van der Waals surface area contributed by atoms with Crippen LogP contribution in [0.4, 0.5) is 0 Å². The fourth-order valence-electron chi connectivity index (χ4n) is 5.92. The molecule has 3 amide bonds. The number of aliphatic hydroxyl groups is 1. The number of carbonyl (C=O) groups is 4. The van der Waals surface area contributed by atoms with Crippen LogP contribution in [-0.2, 0) is 25.7 Å². The highest BCUT2D eigenvalue weighted by Gasteiger charge is 2.44. The van der Waals surface area contributed by atoms with Crippen LogP contribution in [0.15, 0.2) is 78.3 Å². The molecule has 0 aliphatic carbocycles. The second kappa shape index (κ2) is 16.9. The highest BCUT2D eigenvalue weighted by atomic mass is 32.1. The highest BCUT2D eigenvalue weighted by molar-refractivity contribution is 7.13. The number of likely N-dealkylation sites (tertiary alicyclic amines) is 1. The molecule has 0 spiro atoms. The average molecular weight is 729 g/mol. The summed E-state index contributed by atoms with van der Waals surface area (Å²) in [7, 11) is 0. The van der Waals surface area contributed by atoms with Gasteiger partial charge < -0.3 is 35.2 Å². The number of benzene rings is 3. The van der Waals surface area contributed by atoms with E-state index in [0.29, 0.717) is 5.75 Å². The van der Waals surface area contributed by atoms with E-state index in [9.17, 15) is 24.3 Å². The molecule has 0 bridgehead atoms. The monoisotopic (exact) mass is 728 g/mol. The Balaban J connectivity index is 1.08. The fraction of sp³-hybridized carbons (Fsp3) is 0.359. The van der Waals surface area contributed by atoms with Crippen LogP contribution >= 0.6 is 11.3 Å². The highest BCUT2D eigenvalue weighted by Crippen LogP contribution is 2.29. The van der Waals surface area contributed by atoms with Gasteiger partial charge in [-0.2, -0.15) is 0 Å². The van der Waals surface area contributed by atoms with Crippen LogP contribution in [0.25, 0.3) is 21.6 Å². The molecule has 12 nitrogen and oxygen atoms in total. The number of aliphatic hydroxyl groups excluding tert-OH is 1. The van der Waals surface area contributed by atoms with Gasteiger partial charge in [0.15, 0.2) is 0 Å². The van der Waals surface area contributed by atoms with Gasteiger partial charge in [-0.15, -0.1) is 11.3 Å². The number of aromatic nitrogens is 1. The number of carboxylic acids is 1. The molecule has 52 heavy (non-hydrogen) atoms. The summed E-state index contributed by atoms with van der Waals surface area (Å²) in [5.74, 6) is -1.70. The lowest BCUT2D eigenvalue weighted by Gasteiger charge is -2.35. The van der Waals surface area contributed by atoms with Gasteiger partial charge in [0, 0.05) is 19.5 Å². The fourth-order valence-corrected chi connectivity index (χ4v) is 6.73. The molecule has 274 valence electrons. The Bertz CT molecular complexity index is 1850. The van der Waals surface area contributed by atoms with Gasteiger partial charge in [0.1, 0.15) is 31.0 Å². The summed E-state index contributed by atoms with van der Waals surface area (Å²) < 4.78 is 11.3. The predicted octanol–water partition coefficient (Wildman–Crippen LogP) is 4.69. The van der Waals surface area contributed by atoms with E-state index in [0.717, 1.165) is 32.8 Å². The number of thiazole rings is 1. The first-order valence-electron chi connectivity index (χ1n) is 17.0. The topological polar surface area (TPSA) is 167 Å². The molecule has 1 fully saturated rings. The van der Waals surface area contributed by atoms with E-state index >= 15 is 0 Å². The second-order valence-electron chi connectivity index (χ2n) is 13.8. The number of rotatable bonds is 14. The van der Waals surface area contributed by atoms with Gasteiger partial charge in [-0.05, 0) is 58.9 Å². The minimum atomic E-state index is -0.979. The van der Waals surface area contributed by atoms with Crippen LogP contribution in [0.1, 0.15) is 48.8 Å². The van der Waals surface area contributed by atoms with Crippen LogP contribution in [0.3, 0.4) is 0 Å². The summed E-state index contributed by atoms with van der Waals surface area (Å²) in [6, 6.07) is 19.9. The minimum Gasteiger partial charge on any atom is -0.491 e. The number of aromatic carboxylic acids is 1. The number of hydrogen-bond donors (Lipinski definition) is 4. The zero-order chi connectivity index (χ0) is 37.4. The molecule has 0 radical (unpaired) electrons. The quantitative estimate of drug-likeness (QED) is 0.135. The Labute approximate surface area is 306 Å². The molecule has 1 saturated heterocycles. The number of hydrogen-bond acceptors (Lipinski definition) is 9. The van der Waals surface area contributed by atoms with Gasteiger partial charge in [-0.25, -0.2) is 9.78 Å². The molecule has 3 atom stereocenters. The normalized spacial score (nSPS) is 16.3. The zero-order valence-corrected chi connectivity index (χ0v) is 30.4. The molecule has 1 aliphatic heterocycles. The summed E-state index contributed by atoms with van der Waals surface area (Å²) in [5.41, 5.74) is 6.00. The maximum Gasteiger partial charge on any atom is 0.335 e. The van der Waals surface area contributed by atoms with E-state index in [-0.39, 0.29) is 50.8 Å². The number of ether oxygens (including phenoxy) is 2. The third-order valence-corrected chi connectivity index (χ3v) is 9.74. The number of carboxylic acid groups (broad SMARTS) is 1. The van der Waals surface area contributed by atoms with Gasteiger partial charge >= 0.3 is 5.97 Å². The van der Waals surface area contributed by atoms with Crippen molar-refractivity contribution >= 4 is 35.0 Å². The van der Waals surface area contributed by atoms with Crippen molar-refractivity contribution in [2.75, 3.05) is 26.4 Å². The molecule has 1 aromatic heterocycles. The molecular weight excluding hydrogens is 685 g/mol. The third-order valence-electron chi connectivity index (χ3n) is 8.76. The molecule has 0 unspecified atom stereocenters. The predicted molar refractivity (Wildman–Crippen MR) is 197 cm³/mol. The average Bonchev–Trinajstić information content (AvgIpc) is 3.74. The van der Waals surface area contributed by atoms with Crippen molar-refractivity contribution in [3.05, 3.63) is 95.1 Å². The minimum absolute atomic E-state index is 0.0198. The van der Waals surface area contributed by atoms with Gasteiger partial charge in [0.2, 0.25) is 17.7 Å². The number of nitrogens with zero attached hydrogens (tertiary/aromatic N) is 2. The third kappa shape index (κ3) is 9.81. The van der Waals surface area contributed by atoms with Crippen LogP contribution < -0.4 is 15.4 Å². The number of aryl methyl sites for hydroxylation is 1. The van der Waals surface area contributed by atoms with E-state index in [4.69, 9.17) is 14.6 Å². The van der Waals surface area contributed by atoms with Crippen molar-refractivity contribution in [1.29, 1.82) is 0 Å². The Morgan fingerprint density at radius 3 is 2.17 bits per heavy atom. The smallest absolute Gasteiger partial charge is 0.335 e. The Morgan fingerprint density at radius 1 is 0.942 bits per heavy atom. The van der Waals surface area contributed by atoms with Gasteiger partial charge in [-0.3, -0.25) is 14.4 Å². The summed E-state index contributed by atoms with van der Waals surface area (Å²) in [6.07, 6.45) is -0.777. The lowest BCUT2D eigenvalue weighted by atomic mass is 9.85. The molecule has 0 saturated carbocycles. The molecule has 2 heterocycles. The maximum atomic E-state index is 13.9. The SMILES string of the molecule is Cc1ncsc1-c1ccc(CNC(=O)[C@@H]2C[C@@H](O)CN2C(=O)[C@@H](NC(=O)COCCOc2ccc(-c3ccc(C(=O)O)cc3)cc2)C(C)(C)C)cc1. The summed E-state index contributed by atoms with van der Waals surface area (Å²) >= 11 is 1.57. The molecule has 13 heteroatoms. The van der Waals surface area contributed by atoms with Gasteiger partial charge in [-0.1, -0.05) is 69.3 Å². The van der Waals surface area contributed by atoms with Gasteiger partial charge in [0.05, 0.1) is 34.4 Å². The Hall–Kier alpha value is -5.11. The summed E-state index contributed by atoms with van der Waals surface area (Å²) in [4.78, 5) is 58.0. The molecule has 1 aliphatic rings. The first-order chi connectivity index (χ1) is 24.8. The van der Waals surface area contributed by atoms with Crippen molar-refractivity contribution < 1.29 is 38.9 Å². The van der Waals surface area contributed by atoms with E-state index in [1.54, 1.807) is 53.2 Å². The first kappa shape index (κ1) is 38.1. The molecular formula is C39H44N4O8S. The number of amides is 3. The number of carbonyl (C=O) groups excluding carboxylic acids is 3. The lowest BCUT2D eigenvalue weighted by molar-refractivity contribution is -0.144. The van der Waals surface area contributed by atoms with E-state index in [2.05, 4.69) is 15.6 Å². The molecule has 5 rings (SSSR count). The Morgan fingerprint density at radius 2 is 1.58 bits per heavy atom. The summed E-state index contributed by atoms with van der Waals surface area (Å²) in [5, 5.41) is 25.3. The van der Waals surface area contributed by atoms with Crippen molar-refractivity contribution in [2.45, 2.75) is 58.8 Å². The van der Waals surface area contributed by atoms with Crippen molar-refractivity contribution in [1.82, 2.24) is 20.5 Å². The number of nitrogens with one attached hydrogen (secondary N) is 2. The number of β-amino-alcohol motifs (C(OH)–C–C–N with tert-alkyl or cyclic N) is 1. The van der Waals surface area contributed by atoms with Crippen LogP contribution in [0.5, 0.6) is 5.75 Å². The molecule has 3 aromatic carbocycles. The van der Waals surface area contributed by atoms with Crippen LogP contribution in [0, 0.1) is 12.3 Å². The lowest BCUT2D eigenvalue weighted by Crippen LogP contribution is -2.58. The standard InChI is InChI=1S/C39H44N4O8S/c1-24-34(52-23-41-24)28-7-5-25(6-8-28)20-40-36(46)32-19-30(44)21-43(32)37(47)35(39(2,3)4)42-33(45)22-50-17-18-51-31-15-13-27(14-16-31)26-9-11-29(12-10-26)38(48)49/h5-16,23,30,32,35,44H,17-22H2,1-4H3,(H,40,46)(H,42,45)(H,48,49)/t30-,32+,35-/m1/s1. The molecule has 4 N–H and O–H groups in total.